The van der Waals surface area contributed by atoms with Crippen molar-refractivity contribution in [1.82, 2.24) is 29.8 Å². The van der Waals surface area contributed by atoms with Crippen LogP contribution in [0, 0.1) is 6.92 Å². The molecule has 8 nitrogen and oxygen atoms in total. The highest BCUT2D eigenvalue weighted by Crippen LogP contribution is 2.17. The maximum absolute atomic E-state index is 13.0. The summed E-state index contributed by atoms with van der Waals surface area (Å²) in [7, 11) is 0. The van der Waals surface area contributed by atoms with Gasteiger partial charge in [0, 0.05) is 31.9 Å². The highest BCUT2D eigenvalue weighted by Gasteiger charge is 2.31. The van der Waals surface area contributed by atoms with Crippen LogP contribution in [0.25, 0.3) is 5.65 Å². The Morgan fingerprint density at radius 1 is 1.18 bits per heavy atom. The van der Waals surface area contributed by atoms with Crippen molar-refractivity contribution >= 4 is 17.5 Å². The fourth-order valence-electron chi connectivity index (χ4n) is 3.71. The molecule has 3 heterocycles. The summed E-state index contributed by atoms with van der Waals surface area (Å²) in [6.45, 7) is 5.50. The largest absolute Gasteiger partial charge is 0.336 e. The molecule has 1 fully saturated rings. The second-order valence-electron chi connectivity index (χ2n) is 7.22. The van der Waals surface area contributed by atoms with Crippen molar-refractivity contribution in [2.24, 2.45) is 0 Å². The summed E-state index contributed by atoms with van der Waals surface area (Å²) in [5.74, 6) is -0.0213. The van der Waals surface area contributed by atoms with E-state index in [0.717, 1.165) is 11.1 Å². The molecule has 0 spiro atoms. The van der Waals surface area contributed by atoms with E-state index in [1.165, 1.54) is 4.52 Å². The Kier molecular flexibility index (Phi) is 4.77. The van der Waals surface area contributed by atoms with Gasteiger partial charge < -0.3 is 9.80 Å². The van der Waals surface area contributed by atoms with E-state index in [1.807, 2.05) is 43.0 Å². The van der Waals surface area contributed by atoms with Gasteiger partial charge in [-0.2, -0.15) is 4.52 Å². The first kappa shape index (κ1) is 18.1. The lowest BCUT2D eigenvalue weighted by molar-refractivity contribution is -0.134. The molecule has 0 radical (unpaired) electrons. The second-order valence-corrected chi connectivity index (χ2v) is 7.22. The van der Waals surface area contributed by atoms with Crippen LogP contribution in [-0.2, 0) is 11.2 Å². The van der Waals surface area contributed by atoms with Crippen LogP contribution in [-0.4, -0.2) is 67.3 Å². The number of amides is 2. The minimum Gasteiger partial charge on any atom is -0.336 e. The molecule has 0 aliphatic carbocycles. The number of hydrogen-bond acceptors (Lipinski definition) is 5. The van der Waals surface area contributed by atoms with E-state index in [1.54, 1.807) is 23.2 Å². The number of hydrogen-bond donors (Lipinski definition) is 0. The van der Waals surface area contributed by atoms with Gasteiger partial charge in [0.05, 0.1) is 12.0 Å². The van der Waals surface area contributed by atoms with Gasteiger partial charge >= 0.3 is 0 Å². The number of aryl methyl sites for hydroxylation is 1. The molecule has 1 saturated heterocycles. The molecule has 2 aromatic heterocycles. The molecule has 1 aliphatic rings. The maximum atomic E-state index is 13.0. The smallest absolute Gasteiger partial charge is 0.257 e. The minimum absolute atomic E-state index is 0.0502. The van der Waals surface area contributed by atoms with Crippen LogP contribution in [0.5, 0.6) is 0 Å². The molecule has 3 aromatic rings. The lowest BCUT2D eigenvalue weighted by atomic mass is 10.1. The van der Waals surface area contributed by atoms with Crippen LogP contribution in [0.4, 0.5) is 0 Å². The molecule has 0 N–H and O–H groups in total. The standard InChI is InChI=1S/C20H22N6O2/c1-14-5-3-6-16(11-14)12-18(27)25-10-9-24(13-15(25)2)20(28)17-7-4-8-26-19(17)21-22-23-26/h3-8,11,15H,9-10,12-13H2,1-2H3/t15-/m0/s1. The third kappa shape index (κ3) is 3.45. The lowest BCUT2D eigenvalue weighted by Gasteiger charge is -2.40. The molecule has 8 heteroatoms. The van der Waals surface area contributed by atoms with E-state index in [-0.39, 0.29) is 17.9 Å². The number of carbonyl (C=O) groups excluding carboxylic acids is 2. The minimum atomic E-state index is -0.113. The number of rotatable bonds is 3. The van der Waals surface area contributed by atoms with Gasteiger partial charge in [0.2, 0.25) is 5.91 Å². The van der Waals surface area contributed by atoms with E-state index in [4.69, 9.17) is 0 Å². The first-order chi connectivity index (χ1) is 13.5. The van der Waals surface area contributed by atoms with Gasteiger partial charge in [0.1, 0.15) is 0 Å². The summed E-state index contributed by atoms with van der Waals surface area (Å²) in [6.07, 6.45) is 2.08. The van der Waals surface area contributed by atoms with Crippen LogP contribution < -0.4 is 0 Å². The van der Waals surface area contributed by atoms with E-state index in [2.05, 4.69) is 15.5 Å². The normalized spacial score (nSPS) is 17.1. The number of carbonyl (C=O) groups is 2. The van der Waals surface area contributed by atoms with E-state index in [9.17, 15) is 9.59 Å². The molecule has 0 unspecified atom stereocenters. The van der Waals surface area contributed by atoms with Gasteiger partial charge in [-0.1, -0.05) is 29.8 Å². The predicted molar refractivity (Wildman–Crippen MR) is 103 cm³/mol. The third-order valence-electron chi connectivity index (χ3n) is 5.13. The summed E-state index contributed by atoms with van der Waals surface area (Å²) >= 11 is 0. The number of tetrazole rings is 1. The van der Waals surface area contributed by atoms with Crippen molar-refractivity contribution in [2.45, 2.75) is 26.3 Å². The third-order valence-corrected chi connectivity index (χ3v) is 5.13. The number of benzene rings is 1. The quantitative estimate of drug-likeness (QED) is 0.687. The molecule has 28 heavy (non-hydrogen) atoms. The van der Waals surface area contributed by atoms with E-state index >= 15 is 0 Å². The average molecular weight is 378 g/mol. The Labute approximate surface area is 162 Å². The zero-order valence-corrected chi connectivity index (χ0v) is 15.9. The van der Waals surface area contributed by atoms with Gasteiger partial charge in [0.25, 0.3) is 5.91 Å². The van der Waals surface area contributed by atoms with Crippen molar-refractivity contribution < 1.29 is 9.59 Å². The van der Waals surface area contributed by atoms with Crippen LogP contribution in [0.2, 0.25) is 0 Å². The van der Waals surface area contributed by atoms with Gasteiger partial charge in [-0.05, 0) is 42.0 Å². The first-order valence-electron chi connectivity index (χ1n) is 9.34. The molecule has 1 aliphatic heterocycles. The number of nitrogens with zero attached hydrogens (tertiary/aromatic N) is 6. The molecule has 0 bridgehead atoms. The molecular formula is C20H22N6O2. The summed E-state index contributed by atoms with van der Waals surface area (Å²) in [4.78, 5) is 29.4. The highest BCUT2D eigenvalue weighted by molar-refractivity contribution is 5.99. The lowest BCUT2D eigenvalue weighted by Crippen LogP contribution is -2.55. The Balaban J connectivity index is 1.44. The summed E-state index contributed by atoms with van der Waals surface area (Å²) in [5, 5.41) is 11.4. The first-order valence-corrected chi connectivity index (χ1v) is 9.34. The number of piperazine rings is 1. The Bertz CT molecular complexity index is 1030. The van der Waals surface area contributed by atoms with Gasteiger partial charge in [-0.15, -0.1) is 5.10 Å². The summed E-state index contributed by atoms with van der Waals surface area (Å²) in [5.41, 5.74) is 3.07. The van der Waals surface area contributed by atoms with Crippen molar-refractivity contribution in [3.05, 3.63) is 59.3 Å². The van der Waals surface area contributed by atoms with Crippen LogP contribution >= 0.6 is 0 Å². The monoisotopic (exact) mass is 378 g/mol. The predicted octanol–water partition coefficient (Wildman–Crippen LogP) is 1.35. The molecule has 4 rings (SSSR count). The summed E-state index contributed by atoms with van der Waals surface area (Å²) < 4.78 is 1.48. The van der Waals surface area contributed by atoms with E-state index < -0.39 is 0 Å². The zero-order valence-electron chi connectivity index (χ0n) is 15.9. The topological polar surface area (TPSA) is 83.7 Å². The van der Waals surface area contributed by atoms with E-state index in [0.29, 0.717) is 37.3 Å². The van der Waals surface area contributed by atoms with Gasteiger partial charge in [-0.3, -0.25) is 9.59 Å². The molecule has 1 atom stereocenters. The fraction of sp³-hybridized carbons (Fsp3) is 0.350. The van der Waals surface area contributed by atoms with Gasteiger partial charge in [0.15, 0.2) is 5.65 Å². The summed E-state index contributed by atoms with van der Waals surface area (Å²) in [6, 6.07) is 11.4. The molecular weight excluding hydrogens is 356 g/mol. The highest BCUT2D eigenvalue weighted by atomic mass is 16.2. The number of pyridine rings is 1. The van der Waals surface area contributed by atoms with Crippen LogP contribution in [0.3, 0.4) is 0 Å². The second kappa shape index (κ2) is 7.38. The Hall–Kier alpha value is -3.29. The van der Waals surface area contributed by atoms with Crippen molar-refractivity contribution in [3.8, 4) is 0 Å². The Morgan fingerprint density at radius 2 is 2.04 bits per heavy atom. The number of aromatic nitrogens is 4. The molecule has 1 aromatic carbocycles. The average Bonchev–Trinajstić information content (AvgIpc) is 3.16. The van der Waals surface area contributed by atoms with Gasteiger partial charge in [-0.25, -0.2) is 0 Å². The molecule has 0 saturated carbocycles. The molecule has 144 valence electrons. The fourth-order valence-corrected chi connectivity index (χ4v) is 3.71. The van der Waals surface area contributed by atoms with Crippen molar-refractivity contribution in [1.29, 1.82) is 0 Å². The van der Waals surface area contributed by atoms with Crippen LogP contribution in [0.15, 0.2) is 42.6 Å². The van der Waals surface area contributed by atoms with Crippen molar-refractivity contribution in [3.63, 3.8) is 0 Å². The molecule has 2 amide bonds. The van der Waals surface area contributed by atoms with Crippen LogP contribution in [0.1, 0.15) is 28.4 Å². The zero-order chi connectivity index (χ0) is 19.7. The maximum Gasteiger partial charge on any atom is 0.257 e. The number of fused-ring (bicyclic) bond motifs is 1. The Morgan fingerprint density at radius 3 is 2.82 bits per heavy atom. The van der Waals surface area contributed by atoms with Crippen molar-refractivity contribution in [2.75, 3.05) is 19.6 Å². The SMILES string of the molecule is Cc1cccc(CC(=O)N2CCN(C(=O)c3cccn4nnnc34)C[C@@H]2C)c1.